The molecule has 6 heteroatoms. The van der Waals surface area contributed by atoms with Crippen LogP contribution in [0.4, 0.5) is 5.69 Å². The van der Waals surface area contributed by atoms with Crippen LogP contribution in [0.3, 0.4) is 0 Å². The maximum Gasteiger partial charge on any atom is 0.260 e. The molecule has 128 valence electrons. The summed E-state index contributed by atoms with van der Waals surface area (Å²) in [6.07, 6.45) is 0. The summed E-state index contributed by atoms with van der Waals surface area (Å²) in [5.41, 5.74) is 4.06. The highest BCUT2D eigenvalue weighted by Crippen LogP contribution is 2.24. The molecule has 1 heterocycles. The lowest BCUT2D eigenvalue weighted by molar-refractivity contribution is 0.102. The first-order chi connectivity index (χ1) is 12.0. The molecule has 0 bridgehead atoms. The zero-order valence-corrected chi connectivity index (χ0v) is 16.8. The van der Waals surface area contributed by atoms with Crippen LogP contribution in [0.15, 0.2) is 48.5 Å². The molecular weight excluding hydrogens is 449 g/mol. The van der Waals surface area contributed by atoms with Gasteiger partial charge in [0.25, 0.3) is 5.91 Å². The van der Waals surface area contributed by atoms with Crippen molar-refractivity contribution in [1.29, 1.82) is 0 Å². The molecule has 0 atom stereocenters. The molecule has 0 aliphatic rings. The fourth-order valence-corrected chi connectivity index (χ4v) is 3.37. The molecule has 0 fully saturated rings. The second-order valence-electron chi connectivity index (χ2n) is 5.83. The van der Waals surface area contributed by atoms with Gasteiger partial charge in [0, 0.05) is 3.57 Å². The van der Waals surface area contributed by atoms with Crippen LogP contribution in [-0.2, 0) is 6.54 Å². The third-order valence-corrected chi connectivity index (χ3v) is 5.19. The van der Waals surface area contributed by atoms with E-state index in [1.807, 2.05) is 55.5 Å². The average molecular weight is 466 g/mol. The number of aromatic nitrogens is 2. The van der Waals surface area contributed by atoms with Crippen molar-refractivity contribution in [2.45, 2.75) is 20.4 Å². The summed E-state index contributed by atoms with van der Waals surface area (Å²) >= 11 is 8.63. The van der Waals surface area contributed by atoms with Crippen LogP contribution in [0.2, 0.25) is 5.15 Å². The van der Waals surface area contributed by atoms with Gasteiger partial charge in [-0.05, 0) is 54.1 Å². The molecule has 25 heavy (non-hydrogen) atoms. The lowest BCUT2D eigenvalue weighted by Gasteiger charge is -2.07. The van der Waals surface area contributed by atoms with E-state index in [4.69, 9.17) is 11.6 Å². The zero-order valence-electron chi connectivity index (χ0n) is 13.9. The van der Waals surface area contributed by atoms with E-state index in [1.165, 1.54) is 5.56 Å². The van der Waals surface area contributed by atoms with E-state index in [2.05, 4.69) is 33.0 Å². The van der Waals surface area contributed by atoms with Gasteiger partial charge in [-0.1, -0.05) is 53.6 Å². The third kappa shape index (κ3) is 4.04. The predicted molar refractivity (Wildman–Crippen MR) is 109 cm³/mol. The van der Waals surface area contributed by atoms with Gasteiger partial charge in [-0.2, -0.15) is 5.10 Å². The normalized spacial score (nSPS) is 10.7. The molecule has 0 radical (unpaired) electrons. The molecule has 0 saturated carbocycles. The summed E-state index contributed by atoms with van der Waals surface area (Å²) in [5.74, 6) is -0.248. The average Bonchev–Trinajstić information content (AvgIpc) is 2.85. The Labute approximate surface area is 165 Å². The Balaban J connectivity index is 1.85. The van der Waals surface area contributed by atoms with E-state index in [-0.39, 0.29) is 5.91 Å². The third-order valence-electron chi connectivity index (χ3n) is 3.87. The van der Waals surface area contributed by atoms with E-state index < -0.39 is 0 Å². The summed E-state index contributed by atoms with van der Waals surface area (Å²) < 4.78 is 2.63. The molecule has 1 N–H and O–H groups in total. The van der Waals surface area contributed by atoms with Crippen molar-refractivity contribution in [2.75, 3.05) is 5.32 Å². The van der Waals surface area contributed by atoms with Crippen molar-refractivity contribution >= 4 is 45.8 Å². The molecule has 0 aliphatic carbocycles. The van der Waals surface area contributed by atoms with Crippen LogP contribution in [0.5, 0.6) is 0 Å². The highest BCUT2D eigenvalue weighted by atomic mass is 127. The second kappa shape index (κ2) is 7.58. The van der Waals surface area contributed by atoms with Crippen molar-refractivity contribution < 1.29 is 4.79 Å². The van der Waals surface area contributed by atoms with Gasteiger partial charge in [-0.3, -0.25) is 4.79 Å². The summed E-state index contributed by atoms with van der Waals surface area (Å²) in [6.45, 7) is 4.36. The molecular formula is C19H17ClIN3O. The van der Waals surface area contributed by atoms with E-state index >= 15 is 0 Å². The molecule has 0 aliphatic heterocycles. The minimum absolute atomic E-state index is 0.248. The number of rotatable bonds is 4. The van der Waals surface area contributed by atoms with Crippen LogP contribution >= 0.6 is 34.2 Å². The maximum atomic E-state index is 12.7. The minimum Gasteiger partial charge on any atom is -0.321 e. The molecule has 2 aromatic carbocycles. The Hall–Kier alpha value is -1.86. The smallest absolute Gasteiger partial charge is 0.260 e. The van der Waals surface area contributed by atoms with E-state index in [1.54, 1.807) is 11.6 Å². The quantitative estimate of drug-likeness (QED) is 0.548. The van der Waals surface area contributed by atoms with Gasteiger partial charge in [-0.25, -0.2) is 4.68 Å². The molecule has 0 unspecified atom stereocenters. The summed E-state index contributed by atoms with van der Waals surface area (Å²) in [5, 5.41) is 7.69. The summed E-state index contributed by atoms with van der Waals surface area (Å²) in [4.78, 5) is 12.7. The molecule has 3 rings (SSSR count). The number of hydrogen-bond donors (Lipinski definition) is 1. The first kappa shape index (κ1) is 17.9. The number of carbonyl (C=O) groups excluding carboxylic acids is 1. The summed E-state index contributed by atoms with van der Waals surface area (Å²) in [7, 11) is 0. The largest absolute Gasteiger partial charge is 0.321 e. The minimum atomic E-state index is -0.248. The van der Waals surface area contributed by atoms with Gasteiger partial charge in [0.1, 0.15) is 5.15 Å². The zero-order chi connectivity index (χ0) is 18.0. The summed E-state index contributed by atoms with van der Waals surface area (Å²) in [6, 6.07) is 15.8. The Bertz CT molecular complexity index is 919. The first-order valence-corrected chi connectivity index (χ1v) is 9.25. The van der Waals surface area contributed by atoms with Gasteiger partial charge in [0.15, 0.2) is 0 Å². The van der Waals surface area contributed by atoms with Gasteiger partial charge in [0.05, 0.1) is 23.5 Å². The van der Waals surface area contributed by atoms with Crippen molar-refractivity contribution in [3.05, 3.63) is 79.6 Å². The lowest BCUT2D eigenvalue weighted by atomic mass is 10.1. The molecule has 0 spiro atoms. The Morgan fingerprint density at radius 2 is 1.84 bits per heavy atom. The molecule has 4 nitrogen and oxygen atoms in total. The SMILES string of the molecule is Cc1ccc(Cn2nc(C)c(C(=O)Nc3ccccc3I)c2Cl)cc1. The van der Waals surface area contributed by atoms with E-state index in [9.17, 15) is 4.79 Å². The fraction of sp³-hybridized carbons (Fsp3) is 0.158. The Morgan fingerprint density at radius 3 is 2.52 bits per heavy atom. The fourth-order valence-electron chi connectivity index (χ4n) is 2.53. The van der Waals surface area contributed by atoms with Crippen molar-refractivity contribution in [3.8, 4) is 0 Å². The number of carbonyl (C=O) groups is 1. The molecule has 1 amide bonds. The number of halogens is 2. The number of aryl methyl sites for hydroxylation is 2. The number of nitrogens with one attached hydrogen (secondary N) is 1. The van der Waals surface area contributed by atoms with Crippen LogP contribution < -0.4 is 5.32 Å². The number of benzene rings is 2. The number of nitrogens with zero attached hydrogens (tertiary/aromatic N) is 2. The number of amides is 1. The topological polar surface area (TPSA) is 46.9 Å². The molecule has 3 aromatic rings. The second-order valence-corrected chi connectivity index (χ2v) is 7.35. The number of anilines is 1. The van der Waals surface area contributed by atoms with E-state index in [0.29, 0.717) is 23.0 Å². The monoisotopic (exact) mass is 465 g/mol. The number of hydrogen-bond acceptors (Lipinski definition) is 2. The lowest BCUT2D eigenvalue weighted by Crippen LogP contribution is -2.14. The van der Waals surface area contributed by atoms with Crippen molar-refractivity contribution in [3.63, 3.8) is 0 Å². The van der Waals surface area contributed by atoms with Crippen LogP contribution in [0, 0.1) is 17.4 Å². The van der Waals surface area contributed by atoms with Crippen LogP contribution in [-0.4, -0.2) is 15.7 Å². The van der Waals surface area contributed by atoms with E-state index in [0.717, 1.165) is 14.8 Å². The molecule has 0 saturated heterocycles. The Morgan fingerprint density at radius 1 is 1.16 bits per heavy atom. The van der Waals surface area contributed by atoms with Crippen molar-refractivity contribution in [2.24, 2.45) is 0 Å². The van der Waals surface area contributed by atoms with Crippen LogP contribution in [0.1, 0.15) is 27.2 Å². The first-order valence-electron chi connectivity index (χ1n) is 7.80. The van der Waals surface area contributed by atoms with Crippen molar-refractivity contribution in [1.82, 2.24) is 9.78 Å². The molecule has 1 aromatic heterocycles. The highest BCUT2D eigenvalue weighted by Gasteiger charge is 2.21. The maximum absolute atomic E-state index is 12.7. The van der Waals surface area contributed by atoms with Gasteiger partial charge in [-0.15, -0.1) is 0 Å². The number of para-hydroxylation sites is 1. The van der Waals surface area contributed by atoms with Gasteiger partial charge >= 0.3 is 0 Å². The van der Waals surface area contributed by atoms with Crippen LogP contribution in [0.25, 0.3) is 0 Å². The predicted octanol–water partition coefficient (Wildman–Crippen LogP) is 5.06. The highest BCUT2D eigenvalue weighted by molar-refractivity contribution is 14.1. The van der Waals surface area contributed by atoms with Gasteiger partial charge in [0.2, 0.25) is 0 Å². The Kier molecular flexibility index (Phi) is 5.44. The standard InChI is InChI=1S/C19H17ClIN3O/c1-12-7-9-14(10-8-12)11-24-18(20)17(13(2)23-24)19(25)22-16-6-4-3-5-15(16)21/h3-10H,11H2,1-2H3,(H,22,25). The van der Waals surface area contributed by atoms with Gasteiger partial charge < -0.3 is 5.32 Å².